The van der Waals surface area contributed by atoms with Gasteiger partial charge < -0.3 is 24.5 Å². The lowest BCUT2D eigenvalue weighted by Crippen LogP contribution is -2.48. The Morgan fingerprint density at radius 1 is 1.21 bits per heavy atom. The van der Waals surface area contributed by atoms with Crippen molar-refractivity contribution in [2.45, 2.75) is 31.6 Å². The first-order chi connectivity index (χ1) is 13.7. The summed E-state index contributed by atoms with van der Waals surface area (Å²) in [6.07, 6.45) is 4.41. The van der Waals surface area contributed by atoms with Crippen LogP contribution in [-0.2, 0) is 16.6 Å². The van der Waals surface area contributed by atoms with Gasteiger partial charge in [0, 0.05) is 50.8 Å². The molecule has 0 aliphatic carbocycles. The van der Waals surface area contributed by atoms with Crippen LogP contribution >= 0.6 is 0 Å². The Morgan fingerprint density at radius 3 is 2.71 bits per heavy atom. The van der Waals surface area contributed by atoms with Crippen LogP contribution in [0.1, 0.15) is 29.7 Å². The summed E-state index contributed by atoms with van der Waals surface area (Å²) in [5.74, 6) is 2.70. The van der Waals surface area contributed by atoms with Crippen LogP contribution in [0.3, 0.4) is 0 Å². The molecule has 0 amide bonds. The lowest BCUT2D eigenvalue weighted by molar-refractivity contribution is 0.0505. The lowest BCUT2D eigenvalue weighted by atomic mass is 9.73. The van der Waals surface area contributed by atoms with E-state index in [0.29, 0.717) is 0 Å². The van der Waals surface area contributed by atoms with Crippen LogP contribution in [0.15, 0.2) is 46.0 Å². The number of nitrogens with one attached hydrogen (secondary N) is 2. The second-order valence-electron chi connectivity index (χ2n) is 7.28. The van der Waals surface area contributed by atoms with Crippen LogP contribution in [0.5, 0.6) is 5.75 Å². The molecule has 0 bridgehead atoms. The molecule has 1 fully saturated rings. The summed E-state index contributed by atoms with van der Waals surface area (Å²) in [5, 5.41) is 6.90. The standard InChI is InChI=1S/C22H31N3O3/c1-17-6-7-20(26-3)19(15-17)22(9-13-27-14-10-22)16-25-21(23-2)24-11-8-18-5-4-12-28-18/h4-7,12,15H,8-11,13-14,16H2,1-3H3,(H2,23,24,25). The first-order valence-electron chi connectivity index (χ1n) is 9.87. The first kappa shape index (κ1) is 20.3. The third-order valence-electron chi connectivity index (χ3n) is 5.44. The Hall–Kier alpha value is -2.47. The summed E-state index contributed by atoms with van der Waals surface area (Å²) in [7, 11) is 3.54. The van der Waals surface area contributed by atoms with Crippen molar-refractivity contribution in [3.8, 4) is 5.75 Å². The summed E-state index contributed by atoms with van der Waals surface area (Å²) >= 11 is 0. The molecule has 0 saturated carbocycles. The van der Waals surface area contributed by atoms with Crippen molar-refractivity contribution in [1.82, 2.24) is 10.6 Å². The SMILES string of the molecule is CN=C(NCCc1ccco1)NCC1(c2cc(C)ccc2OC)CCOCC1. The number of rotatable bonds is 7. The summed E-state index contributed by atoms with van der Waals surface area (Å²) in [6, 6.07) is 10.3. The van der Waals surface area contributed by atoms with Crippen LogP contribution < -0.4 is 15.4 Å². The van der Waals surface area contributed by atoms with Crippen molar-refractivity contribution < 1.29 is 13.9 Å². The number of benzene rings is 1. The average Bonchev–Trinajstić information content (AvgIpc) is 3.24. The molecule has 0 unspecified atom stereocenters. The molecule has 1 aliphatic heterocycles. The molecule has 28 heavy (non-hydrogen) atoms. The van der Waals surface area contributed by atoms with E-state index in [-0.39, 0.29) is 5.41 Å². The second-order valence-corrected chi connectivity index (χ2v) is 7.28. The third-order valence-corrected chi connectivity index (χ3v) is 5.44. The maximum Gasteiger partial charge on any atom is 0.191 e. The van der Waals surface area contributed by atoms with Crippen LogP contribution in [0.2, 0.25) is 0 Å². The van der Waals surface area contributed by atoms with Gasteiger partial charge in [0.2, 0.25) is 0 Å². The summed E-state index contributed by atoms with van der Waals surface area (Å²) in [6.45, 7) is 5.17. The molecular weight excluding hydrogens is 354 g/mol. The minimum atomic E-state index is -0.0474. The zero-order valence-electron chi connectivity index (χ0n) is 17.1. The van der Waals surface area contributed by atoms with E-state index < -0.39 is 0 Å². The van der Waals surface area contributed by atoms with E-state index in [4.69, 9.17) is 13.9 Å². The van der Waals surface area contributed by atoms with Gasteiger partial charge >= 0.3 is 0 Å². The Bertz CT molecular complexity index is 765. The molecule has 0 spiro atoms. The van der Waals surface area contributed by atoms with E-state index in [2.05, 4.69) is 40.7 Å². The van der Waals surface area contributed by atoms with Crippen molar-refractivity contribution in [2.24, 2.45) is 4.99 Å². The van der Waals surface area contributed by atoms with E-state index >= 15 is 0 Å². The summed E-state index contributed by atoms with van der Waals surface area (Å²) < 4.78 is 16.7. The number of hydrogen-bond donors (Lipinski definition) is 2. The summed E-state index contributed by atoms with van der Waals surface area (Å²) in [4.78, 5) is 4.38. The molecule has 6 heteroatoms. The van der Waals surface area contributed by atoms with Gasteiger partial charge in [0.25, 0.3) is 0 Å². The lowest BCUT2D eigenvalue weighted by Gasteiger charge is -2.39. The van der Waals surface area contributed by atoms with Crippen LogP contribution in [0, 0.1) is 6.92 Å². The molecule has 0 radical (unpaired) electrons. The van der Waals surface area contributed by atoms with E-state index in [0.717, 1.165) is 63.0 Å². The monoisotopic (exact) mass is 385 g/mol. The van der Waals surface area contributed by atoms with Crippen LogP contribution in [0.25, 0.3) is 0 Å². The summed E-state index contributed by atoms with van der Waals surface area (Å²) in [5.41, 5.74) is 2.44. The highest BCUT2D eigenvalue weighted by Gasteiger charge is 2.37. The molecule has 0 atom stereocenters. The zero-order valence-corrected chi connectivity index (χ0v) is 17.1. The van der Waals surface area contributed by atoms with Crippen molar-refractivity contribution in [3.05, 3.63) is 53.5 Å². The average molecular weight is 386 g/mol. The number of aliphatic imine (C=N–C) groups is 1. The largest absolute Gasteiger partial charge is 0.496 e. The second kappa shape index (κ2) is 9.64. The van der Waals surface area contributed by atoms with Gasteiger partial charge in [-0.05, 0) is 38.0 Å². The van der Waals surface area contributed by atoms with Crippen molar-refractivity contribution >= 4 is 5.96 Å². The van der Waals surface area contributed by atoms with Gasteiger partial charge in [0.15, 0.2) is 5.96 Å². The fourth-order valence-corrected chi connectivity index (χ4v) is 3.77. The fraction of sp³-hybridized carbons (Fsp3) is 0.500. The topological polar surface area (TPSA) is 68.0 Å². The molecule has 2 heterocycles. The predicted octanol–water partition coefficient (Wildman–Crippen LogP) is 3.05. The van der Waals surface area contributed by atoms with Crippen LogP contribution in [-0.4, -0.2) is 46.4 Å². The number of methoxy groups -OCH3 is 1. The third kappa shape index (κ3) is 4.87. The minimum absolute atomic E-state index is 0.0474. The first-order valence-corrected chi connectivity index (χ1v) is 9.87. The quantitative estimate of drug-likeness (QED) is 0.566. The maximum atomic E-state index is 5.69. The molecule has 1 saturated heterocycles. The molecular formula is C22H31N3O3. The van der Waals surface area contributed by atoms with E-state index in [9.17, 15) is 0 Å². The molecule has 2 N–H and O–H groups in total. The van der Waals surface area contributed by atoms with Gasteiger partial charge in [-0.2, -0.15) is 0 Å². The van der Waals surface area contributed by atoms with Gasteiger partial charge in [-0.25, -0.2) is 0 Å². The number of hydrogen-bond acceptors (Lipinski definition) is 4. The number of guanidine groups is 1. The van der Waals surface area contributed by atoms with Gasteiger partial charge in [0.1, 0.15) is 11.5 Å². The van der Waals surface area contributed by atoms with E-state index in [1.807, 2.05) is 12.1 Å². The molecule has 152 valence electrons. The normalized spacial score (nSPS) is 16.6. The number of nitrogens with zero attached hydrogens (tertiary/aromatic N) is 1. The zero-order chi connectivity index (χ0) is 19.8. The highest BCUT2D eigenvalue weighted by molar-refractivity contribution is 5.79. The van der Waals surface area contributed by atoms with E-state index in [1.54, 1.807) is 20.4 Å². The van der Waals surface area contributed by atoms with Gasteiger partial charge in [-0.1, -0.05) is 17.7 Å². The fourth-order valence-electron chi connectivity index (χ4n) is 3.77. The number of furan rings is 1. The van der Waals surface area contributed by atoms with Crippen LogP contribution in [0.4, 0.5) is 0 Å². The smallest absolute Gasteiger partial charge is 0.191 e. The van der Waals surface area contributed by atoms with Gasteiger partial charge in [0.05, 0.1) is 13.4 Å². The molecule has 2 aromatic rings. The van der Waals surface area contributed by atoms with Crippen molar-refractivity contribution in [1.29, 1.82) is 0 Å². The minimum Gasteiger partial charge on any atom is -0.496 e. The van der Waals surface area contributed by atoms with Crippen molar-refractivity contribution in [2.75, 3.05) is 40.5 Å². The highest BCUT2D eigenvalue weighted by atomic mass is 16.5. The predicted molar refractivity (Wildman–Crippen MR) is 111 cm³/mol. The highest BCUT2D eigenvalue weighted by Crippen LogP contribution is 2.40. The Morgan fingerprint density at radius 2 is 2.04 bits per heavy atom. The Kier molecular flexibility index (Phi) is 6.98. The van der Waals surface area contributed by atoms with Crippen molar-refractivity contribution in [3.63, 3.8) is 0 Å². The molecule has 1 aromatic heterocycles. The number of aryl methyl sites for hydroxylation is 1. The van der Waals surface area contributed by atoms with Gasteiger partial charge in [-0.15, -0.1) is 0 Å². The van der Waals surface area contributed by atoms with E-state index in [1.165, 1.54) is 11.1 Å². The Labute approximate surface area is 167 Å². The molecule has 1 aliphatic rings. The molecule has 6 nitrogen and oxygen atoms in total. The molecule has 3 rings (SSSR count). The number of ether oxygens (including phenoxy) is 2. The Balaban J connectivity index is 1.69. The molecule has 1 aromatic carbocycles. The maximum absolute atomic E-state index is 5.69. The van der Waals surface area contributed by atoms with Gasteiger partial charge in [-0.3, -0.25) is 4.99 Å².